The molecule has 7 heteroatoms. The molecule has 1 aliphatic heterocycles. The molecular weight excluding hydrogens is 384 g/mol. The summed E-state index contributed by atoms with van der Waals surface area (Å²) >= 11 is 1.61. The maximum atomic E-state index is 6.29. The molecule has 4 rings (SSSR count). The largest absolute Gasteiger partial charge is 0.494 e. The number of hydrogen-bond donors (Lipinski definition) is 1. The Morgan fingerprint density at radius 3 is 2.69 bits per heavy atom. The number of aromatic nitrogens is 3. The van der Waals surface area contributed by atoms with Crippen molar-refractivity contribution in [1.29, 1.82) is 0 Å². The molecule has 0 radical (unpaired) electrons. The number of ether oxygens (including phenoxy) is 2. The van der Waals surface area contributed by atoms with Gasteiger partial charge in [-0.3, -0.25) is 0 Å². The normalized spacial score (nSPS) is 14.8. The molecule has 2 aromatic carbocycles. The van der Waals surface area contributed by atoms with Crippen molar-refractivity contribution in [3.63, 3.8) is 0 Å². The smallest absolute Gasteiger partial charge is 0.247 e. The van der Waals surface area contributed by atoms with E-state index in [-0.39, 0.29) is 0 Å². The van der Waals surface area contributed by atoms with Crippen LogP contribution in [0.5, 0.6) is 11.6 Å². The minimum atomic E-state index is -0.390. The van der Waals surface area contributed by atoms with Gasteiger partial charge in [-0.25, -0.2) is 0 Å². The van der Waals surface area contributed by atoms with E-state index in [4.69, 9.17) is 9.47 Å². The van der Waals surface area contributed by atoms with Crippen molar-refractivity contribution in [3.8, 4) is 22.9 Å². The Morgan fingerprint density at radius 1 is 1.07 bits per heavy atom. The summed E-state index contributed by atoms with van der Waals surface area (Å²) in [6.45, 7) is 4.78. The monoisotopic (exact) mass is 408 g/mol. The zero-order chi connectivity index (χ0) is 20.1. The second-order valence-electron chi connectivity index (χ2n) is 6.64. The fraction of sp³-hybridized carbons (Fsp3) is 0.318. The number of anilines is 1. The van der Waals surface area contributed by atoms with Crippen molar-refractivity contribution in [2.45, 2.75) is 38.1 Å². The molecule has 0 saturated heterocycles. The zero-order valence-corrected chi connectivity index (χ0v) is 17.4. The third-order valence-electron chi connectivity index (χ3n) is 4.56. The predicted octanol–water partition coefficient (Wildman–Crippen LogP) is 5.33. The molecule has 1 aliphatic rings. The summed E-state index contributed by atoms with van der Waals surface area (Å²) in [5.74, 6) is 2.30. The molecule has 29 heavy (non-hydrogen) atoms. The van der Waals surface area contributed by atoms with Crippen LogP contribution in [0, 0.1) is 0 Å². The quantitative estimate of drug-likeness (QED) is 0.418. The molecule has 0 unspecified atom stereocenters. The van der Waals surface area contributed by atoms with Gasteiger partial charge in [0.2, 0.25) is 11.0 Å². The lowest BCUT2D eigenvalue weighted by atomic mass is 10.1. The lowest BCUT2D eigenvalue weighted by molar-refractivity contribution is 0.225. The van der Waals surface area contributed by atoms with Crippen LogP contribution in [-0.4, -0.2) is 27.5 Å². The van der Waals surface area contributed by atoms with Crippen molar-refractivity contribution in [1.82, 2.24) is 15.2 Å². The molecular formula is C22H24N4O2S. The zero-order valence-electron chi connectivity index (χ0n) is 16.6. The highest BCUT2D eigenvalue weighted by molar-refractivity contribution is 7.99. The van der Waals surface area contributed by atoms with E-state index in [0.29, 0.717) is 23.3 Å². The number of fused-ring (bicyclic) bond motifs is 3. The van der Waals surface area contributed by atoms with Crippen LogP contribution >= 0.6 is 11.8 Å². The van der Waals surface area contributed by atoms with Gasteiger partial charge in [0.1, 0.15) is 5.75 Å². The summed E-state index contributed by atoms with van der Waals surface area (Å²) in [4.78, 5) is 4.67. The van der Waals surface area contributed by atoms with E-state index in [9.17, 15) is 0 Å². The first-order valence-corrected chi connectivity index (χ1v) is 10.9. The van der Waals surface area contributed by atoms with Gasteiger partial charge in [-0.1, -0.05) is 43.3 Å². The van der Waals surface area contributed by atoms with Gasteiger partial charge in [-0.2, -0.15) is 4.98 Å². The number of nitrogens with zero attached hydrogens (tertiary/aromatic N) is 3. The maximum Gasteiger partial charge on any atom is 0.247 e. The summed E-state index contributed by atoms with van der Waals surface area (Å²) in [6, 6.07) is 15.9. The first-order chi connectivity index (χ1) is 14.3. The third-order valence-corrected chi connectivity index (χ3v) is 5.48. The highest BCUT2D eigenvalue weighted by Gasteiger charge is 2.26. The van der Waals surface area contributed by atoms with Crippen molar-refractivity contribution >= 4 is 17.4 Å². The molecule has 0 spiro atoms. The van der Waals surface area contributed by atoms with Crippen LogP contribution in [0.1, 0.15) is 38.5 Å². The second kappa shape index (κ2) is 9.13. The Balaban J connectivity index is 1.68. The molecule has 1 aromatic heterocycles. The van der Waals surface area contributed by atoms with E-state index in [1.54, 1.807) is 11.8 Å². The first-order valence-electron chi connectivity index (χ1n) is 9.91. The summed E-state index contributed by atoms with van der Waals surface area (Å²) in [5, 5.41) is 12.9. The van der Waals surface area contributed by atoms with E-state index in [2.05, 4.69) is 27.4 Å². The number of hydrogen-bond acceptors (Lipinski definition) is 7. The van der Waals surface area contributed by atoms with Gasteiger partial charge < -0.3 is 14.8 Å². The molecule has 3 aromatic rings. The van der Waals surface area contributed by atoms with Crippen LogP contribution in [0.2, 0.25) is 0 Å². The molecule has 150 valence electrons. The average molecular weight is 409 g/mol. The Morgan fingerprint density at radius 2 is 1.90 bits per heavy atom. The van der Waals surface area contributed by atoms with Crippen molar-refractivity contribution in [2.24, 2.45) is 0 Å². The molecule has 0 saturated carbocycles. The highest BCUT2D eigenvalue weighted by Crippen LogP contribution is 2.39. The molecule has 0 fully saturated rings. The summed E-state index contributed by atoms with van der Waals surface area (Å²) < 4.78 is 11.8. The Labute approximate surface area is 175 Å². The SMILES string of the molecule is CCCCSc1nnc2c(n1)O[C@H](c1ccc(OCC)cc1)Nc1ccccc1-2. The Bertz CT molecular complexity index is 965. The minimum absolute atomic E-state index is 0.390. The number of thioether (sulfide) groups is 1. The first kappa shape index (κ1) is 19.5. The van der Waals surface area contributed by atoms with Crippen LogP contribution in [0.25, 0.3) is 11.3 Å². The van der Waals surface area contributed by atoms with Crippen LogP contribution in [0.3, 0.4) is 0 Å². The fourth-order valence-electron chi connectivity index (χ4n) is 3.07. The van der Waals surface area contributed by atoms with Gasteiger partial charge in [0.15, 0.2) is 11.9 Å². The molecule has 1 N–H and O–H groups in total. The standard InChI is InChI=1S/C22H24N4O2S/c1-3-5-14-29-22-24-21-19(25-26-22)17-8-6-7-9-18(17)23-20(28-21)15-10-12-16(13-11-15)27-4-2/h6-13,20,23H,3-5,14H2,1-2H3/t20-/m1/s1. The van der Waals surface area contributed by atoms with Gasteiger partial charge in [0, 0.05) is 22.6 Å². The van der Waals surface area contributed by atoms with Gasteiger partial charge >= 0.3 is 0 Å². The summed E-state index contributed by atoms with van der Waals surface area (Å²) in [5.41, 5.74) is 3.50. The topological polar surface area (TPSA) is 69.2 Å². The number of benzene rings is 2. The molecule has 0 amide bonds. The van der Waals surface area contributed by atoms with Gasteiger partial charge in [-0.15, -0.1) is 10.2 Å². The van der Waals surface area contributed by atoms with Crippen molar-refractivity contribution < 1.29 is 9.47 Å². The van der Waals surface area contributed by atoms with E-state index in [1.165, 1.54) is 0 Å². The van der Waals surface area contributed by atoms with Crippen LogP contribution in [0.4, 0.5) is 5.69 Å². The third kappa shape index (κ3) is 4.45. The highest BCUT2D eigenvalue weighted by atomic mass is 32.2. The van der Waals surface area contributed by atoms with Gasteiger partial charge in [-0.05, 0) is 43.7 Å². The van der Waals surface area contributed by atoms with Crippen molar-refractivity contribution in [2.75, 3.05) is 17.7 Å². The summed E-state index contributed by atoms with van der Waals surface area (Å²) in [6.07, 6.45) is 1.86. The molecule has 2 heterocycles. The number of unbranched alkanes of at least 4 members (excludes halogenated alkanes) is 1. The fourth-order valence-corrected chi connectivity index (χ4v) is 3.93. The number of nitrogens with one attached hydrogen (secondary N) is 1. The van der Waals surface area contributed by atoms with E-state index in [0.717, 1.165) is 41.2 Å². The number of para-hydroxylation sites is 1. The maximum absolute atomic E-state index is 6.29. The number of rotatable bonds is 7. The molecule has 1 atom stereocenters. The van der Waals surface area contributed by atoms with Crippen LogP contribution in [0.15, 0.2) is 53.7 Å². The van der Waals surface area contributed by atoms with E-state index < -0.39 is 6.23 Å². The van der Waals surface area contributed by atoms with Crippen LogP contribution in [-0.2, 0) is 0 Å². The van der Waals surface area contributed by atoms with E-state index >= 15 is 0 Å². The average Bonchev–Trinajstić information content (AvgIpc) is 2.91. The van der Waals surface area contributed by atoms with Crippen LogP contribution < -0.4 is 14.8 Å². The predicted molar refractivity (Wildman–Crippen MR) is 115 cm³/mol. The van der Waals surface area contributed by atoms with Gasteiger partial charge in [0.05, 0.1) is 6.61 Å². The molecule has 0 bridgehead atoms. The Kier molecular flexibility index (Phi) is 6.14. The molecule has 0 aliphatic carbocycles. The minimum Gasteiger partial charge on any atom is -0.494 e. The molecule has 6 nitrogen and oxygen atoms in total. The Hall–Kier alpha value is -2.80. The van der Waals surface area contributed by atoms with Gasteiger partial charge in [0.25, 0.3) is 0 Å². The lowest BCUT2D eigenvalue weighted by Gasteiger charge is -2.19. The lowest BCUT2D eigenvalue weighted by Crippen LogP contribution is -2.17. The second-order valence-corrected chi connectivity index (χ2v) is 7.70. The summed E-state index contributed by atoms with van der Waals surface area (Å²) in [7, 11) is 0. The van der Waals surface area contributed by atoms with Crippen molar-refractivity contribution in [3.05, 3.63) is 54.1 Å². The van der Waals surface area contributed by atoms with E-state index in [1.807, 2.05) is 55.5 Å².